The van der Waals surface area contributed by atoms with Crippen molar-refractivity contribution in [3.8, 4) is 5.75 Å². The van der Waals surface area contributed by atoms with Crippen LogP contribution in [0, 0.1) is 0 Å². The molecule has 2 aliphatic rings. The fourth-order valence-corrected chi connectivity index (χ4v) is 5.54. The number of β-amino-alcohol motifs (C(OH)–C–C–N with tert-alkyl or cyclic N) is 1. The van der Waals surface area contributed by atoms with Crippen molar-refractivity contribution in [2.45, 2.75) is 57.3 Å². The van der Waals surface area contributed by atoms with Crippen LogP contribution >= 0.6 is 11.6 Å². The number of likely N-dealkylation sites (tertiary alicyclic amines) is 1. The number of hydrogen-bond acceptors (Lipinski definition) is 5. The summed E-state index contributed by atoms with van der Waals surface area (Å²) in [4.78, 5) is 6.91. The number of ether oxygens (including phenoxy) is 1. The Hall–Kier alpha value is -2.70. The summed E-state index contributed by atoms with van der Waals surface area (Å²) in [5.41, 5.74) is 4.75. The highest BCUT2D eigenvalue weighted by atomic mass is 35.5. The predicted octanol–water partition coefficient (Wildman–Crippen LogP) is 5.70. The molecule has 2 aromatic carbocycles. The monoisotopic (exact) mass is 518 g/mol. The summed E-state index contributed by atoms with van der Waals surface area (Å²) in [5.74, 6) is 0.796. The maximum atomic E-state index is 11.1. The Labute approximate surface area is 224 Å². The number of pyridine rings is 1. The van der Waals surface area contributed by atoms with Gasteiger partial charge in [-0.25, -0.2) is 0 Å². The predicted molar refractivity (Wildman–Crippen MR) is 148 cm³/mol. The summed E-state index contributed by atoms with van der Waals surface area (Å²) in [6.45, 7) is 8.53. The van der Waals surface area contributed by atoms with Gasteiger partial charge in [-0.15, -0.1) is 0 Å². The van der Waals surface area contributed by atoms with Crippen molar-refractivity contribution < 1.29 is 14.9 Å². The van der Waals surface area contributed by atoms with Gasteiger partial charge in [0.25, 0.3) is 0 Å². The SMILES string of the molecule is CC(C)(O)c1ccc2c(c1)C(=CCCN1CCC(C)(c3ccc(Cl)cc3)C(O)C1)c1cccnc1CO2. The molecule has 6 heteroatoms. The lowest BCUT2D eigenvalue weighted by Gasteiger charge is -2.44. The third kappa shape index (κ3) is 5.32. The van der Waals surface area contributed by atoms with Crippen LogP contribution in [0.25, 0.3) is 5.57 Å². The topological polar surface area (TPSA) is 65.8 Å². The van der Waals surface area contributed by atoms with Gasteiger partial charge in [-0.05, 0) is 80.3 Å². The number of piperidine rings is 1. The zero-order valence-electron chi connectivity index (χ0n) is 21.7. The summed E-state index contributed by atoms with van der Waals surface area (Å²) in [6, 6.07) is 17.8. The number of nitrogens with zero attached hydrogens (tertiary/aromatic N) is 2. The average molecular weight is 519 g/mol. The third-order valence-electron chi connectivity index (χ3n) is 7.93. The second-order valence-electron chi connectivity index (χ2n) is 11.0. The Morgan fingerprint density at radius 1 is 1.16 bits per heavy atom. The van der Waals surface area contributed by atoms with E-state index in [1.54, 1.807) is 20.0 Å². The third-order valence-corrected chi connectivity index (χ3v) is 8.18. The largest absolute Gasteiger partial charge is 0.487 e. The van der Waals surface area contributed by atoms with Crippen molar-refractivity contribution in [2.24, 2.45) is 0 Å². The van der Waals surface area contributed by atoms with Crippen LogP contribution in [0.5, 0.6) is 5.75 Å². The minimum atomic E-state index is -0.953. The van der Waals surface area contributed by atoms with Gasteiger partial charge in [0, 0.05) is 40.9 Å². The Balaban J connectivity index is 1.37. The van der Waals surface area contributed by atoms with E-state index in [0.717, 1.165) is 65.2 Å². The van der Waals surface area contributed by atoms with Crippen molar-refractivity contribution >= 4 is 17.2 Å². The van der Waals surface area contributed by atoms with E-state index in [-0.39, 0.29) is 5.41 Å². The molecule has 3 aromatic rings. The second kappa shape index (κ2) is 10.2. The molecule has 0 amide bonds. The Morgan fingerprint density at radius 3 is 2.68 bits per heavy atom. The van der Waals surface area contributed by atoms with Gasteiger partial charge in [-0.3, -0.25) is 4.98 Å². The molecule has 194 valence electrons. The quantitative estimate of drug-likeness (QED) is 0.453. The molecule has 1 fully saturated rings. The first-order valence-corrected chi connectivity index (χ1v) is 13.3. The van der Waals surface area contributed by atoms with Crippen LogP contribution in [-0.2, 0) is 17.6 Å². The Morgan fingerprint density at radius 2 is 1.95 bits per heavy atom. The first-order chi connectivity index (χ1) is 17.6. The number of halogens is 1. The summed E-state index contributed by atoms with van der Waals surface area (Å²) in [5, 5.41) is 22.5. The van der Waals surface area contributed by atoms with Crippen LogP contribution in [0.2, 0.25) is 5.02 Å². The van der Waals surface area contributed by atoms with Gasteiger partial charge in [0.2, 0.25) is 0 Å². The van der Waals surface area contributed by atoms with Crippen molar-refractivity contribution in [3.63, 3.8) is 0 Å². The van der Waals surface area contributed by atoms with E-state index in [1.165, 1.54) is 0 Å². The molecular formula is C31H35ClN2O3. The van der Waals surface area contributed by atoms with Gasteiger partial charge in [-0.2, -0.15) is 0 Å². The van der Waals surface area contributed by atoms with Crippen LogP contribution in [-0.4, -0.2) is 45.8 Å². The number of hydrogen-bond donors (Lipinski definition) is 2. The molecule has 0 radical (unpaired) electrons. The van der Waals surface area contributed by atoms with Crippen LogP contribution in [0.15, 0.2) is 66.9 Å². The molecule has 0 bridgehead atoms. The minimum absolute atomic E-state index is 0.283. The van der Waals surface area contributed by atoms with E-state index in [1.807, 2.05) is 48.5 Å². The number of rotatable bonds is 5. The number of aromatic nitrogens is 1. The molecule has 5 nitrogen and oxygen atoms in total. The van der Waals surface area contributed by atoms with Crippen molar-refractivity contribution in [1.29, 1.82) is 0 Å². The van der Waals surface area contributed by atoms with Gasteiger partial charge in [0.1, 0.15) is 12.4 Å². The number of aliphatic hydroxyl groups excluding tert-OH is 1. The molecule has 37 heavy (non-hydrogen) atoms. The van der Waals surface area contributed by atoms with Crippen LogP contribution in [0.1, 0.15) is 61.6 Å². The molecule has 1 aromatic heterocycles. The van der Waals surface area contributed by atoms with Gasteiger partial charge in [0.05, 0.1) is 17.4 Å². The molecule has 2 aliphatic heterocycles. The summed E-state index contributed by atoms with van der Waals surface area (Å²) in [7, 11) is 0. The first-order valence-electron chi connectivity index (χ1n) is 13.0. The van der Waals surface area contributed by atoms with E-state index in [9.17, 15) is 10.2 Å². The summed E-state index contributed by atoms with van der Waals surface area (Å²) >= 11 is 6.08. The number of aliphatic hydroxyl groups is 2. The molecule has 5 rings (SSSR count). The van der Waals surface area contributed by atoms with Gasteiger partial charge in [0.15, 0.2) is 0 Å². The molecule has 2 atom stereocenters. The molecule has 0 spiro atoms. The van der Waals surface area contributed by atoms with E-state index < -0.39 is 11.7 Å². The highest BCUT2D eigenvalue weighted by Gasteiger charge is 2.39. The fourth-order valence-electron chi connectivity index (χ4n) is 5.41. The summed E-state index contributed by atoms with van der Waals surface area (Å²) in [6.07, 6.45) is 5.29. The molecular weight excluding hydrogens is 484 g/mol. The fraction of sp³-hybridized carbons (Fsp3) is 0.387. The normalized spacial score (nSPS) is 23.2. The van der Waals surface area contributed by atoms with Crippen LogP contribution < -0.4 is 4.74 Å². The average Bonchev–Trinajstić information content (AvgIpc) is 3.03. The maximum absolute atomic E-state index is 11.1. The van der Waals surface area contributed by atoms with Gasteiger partial charge >= 0.3 is 0 Å². The van der Waals surface area contributed by atoms with E-state index >= 15 is 0 Å². The lowest BCUT2D eigenvalue weighted by molar-refractivity contribution is 0.00791. The van der Waals surface area contributed by atoms with Crippen molar-refractivity contribution in [3.05, 3.63) is 99.8 Å². The lowest BCUT2D eigenvalue weighted by Crippen LogP contribution is -2.52. The van der Waals surface area contributed by atoms with Crippen LogP contribution in [0.4, 0.5) is 0 Å². The zero-order valence-corrected chi connectivity index (χ0v) is 22.5. The second-order valence-corrected chi connectivity index (χ2v) is 11.4. The summed E-state index contributed by atoms with van der Waals surface area (Å²) < 4.78 is 6.12. The molecule has 0 saturated carbocycles. The first kappa shape index (κ1) is 25.9. The molecule has 2 unspecified atom stereocenters. The zero-order chi connectivity index (χ0) is 26.2. The van der Waals surface area contributed by atoms with Crippen LogP contribution in [0.3, 0.4) is 0 Å². The smallest absolute Gasteiger partial charge is 0.131 e. The lowest BCUT2D eigenvalue weighted by atomic mass is 9.72. The number of benzene rings is 2. The van der Waals surface area contributed by atoms with Crippen molar-refractivity contribution in [2.75, 3.05) is 19.6 Å². The molecule has 0 aliphatic carbocycles. The minimum Gasteiger partial charge on any atom is -0.487 e. The standard InChI is InChI=1S/C31H35ClN2O3/c1-30(2,36)22-10-13-28-26(18-22)24(25-6-4-15-33-27(25)20-37-28)7-5-16-34-17-14-31(3,29(35)19-34)21-8-11-23(32)12-9-21/h4,6-13,15,18,29,35-36H,5,14,16-17,19-20H2,1-3H3. The van der Waals surface area contributed by atoms with Crippen molar-refractivity contribution in [1.82, 2.24) is 9.88 Å². The Kier molecular flexibility index (Phi) is 7.16. The number of fused-ring (bicyclic) bond motifs is 2. The highest BCUT2D eigenvalue weighted by Crippen LogP contribution is 2.39. The van der Waals surface area contributed by atoms with Gasteiger partial charge < -0.3 is 19.8 Å². The highest BCUT2D eigenvalue weighted by molar-refractivity contribution is 6.30. The maximum Gasteiger partial charge on any atom is 0.131 e. The van der Waals surface area contributed by atoms with E-state index in [4.69, 9.17) is 16.3 Å². The Bertz CT molecular complexity index is 1300. The van der Waals surface area contributed by atoms with E-state index in [2.05, 4.69) is 29.0 Å². The van der Waals surface area contributed by atoms with E-state index in [0.29, 0.717) is 18.2 Å². The molecule has 3 heterocycles. The molecule has 2 N–H and O–H groups in total. The molecule has 1 saturated heterocycles. The van der Waals surface area contributed by atoms with Gasteiger partial charge in [-0.1, -0.05) is 48.9 Å².